The summed E-state index contributed by atoms with van der Waals surface area (Å²) in [5, 5.41) is 3.55. The molecule has 0 amide bonds. The molecule has 0 saturated carbocycles. The van der Waals surface area contributed by atoms with Crippen LogP contribution in [-0.4, -0.2) is 0 Å². The number of hydrogen-bond acceptors (Lipinski definition) is 2. The zero-order valence-electron chi connectivity index (χ0n) is 9.98. The molecular formula is C14H16BrNO. The maximum Gasteiger partial charge on any atom is 0.0950 e. The van der Waals surface area contributed by atoms with Crippen LogP contribution in [0.15, 0.2) is 51.7 Å². The van der Waals surface area contributed by atoms with Crippen molar-refractivity contribution in [2.24, 2.45) is 0 Å². The van der Waals surface area contributed by atoms with Crippen molar-refractivity contribution < 1.29 is 4.42 Å². The lowest BCUT2D eigenvalue weighted by Gasteiger charge is -2.20. The number of halogens is 1. The lowest BCUT2D eigenvalue weighted by atomic mass is 10.1. The van der Waals surface area contributed by atoms with Crippen LogP contribution in [0.25, 0.3) is 0 Å². The highest BCUT2D eigenvalue weighted by molar-refractivity contribution is 9.10. The predicted octanol–water partition coefficient (Wildman–Crippen LogP) is 4.45. The second kappa shape index (κ2) is 5.52. The van der Waals surface area contributed by atoms with Crippen LogP contribution in [0, 0.1) is 0 Å². The zero-order valence-corrected chi connectivity index (χ0v) is 11.6. The number of hydrogen-bond donors (Lipinski definition) is 1. The van der Waals surface area contributed by atoms with E-state index >= 15 is 0 Å². The quantitative estimate of drug-likeness (QED) is 0.901. The van der Waals surface area contributed by atoms with E-state index in [1.165, 1.54) is 11.1 Å². The van der Waals surface area contributed by atoms with Gasteiger partial charge in [-0.05, 0) is 31.5 Å². The van der Waals surface area contributed by atoms with Crippen LogP contribution in [-0.2, 0) is 0 Å². The largest absolute Gasteiger partial charge is 0.472 e. The molecule has 1 N–H and O–H groups in total. The van der Waals surface area contributed by atoms with Gasteiger partial charge in [0.15, 0.2) is 0 Å². The van der Waals surface area contributed by atoms with Crippen LogP contribution in [0.4, 0.5) is 0 Å². The Kier molecular flexibility index (Phi) is 4.02. The SMILES string of the molecule is CC(N[C@@H](C)c1ccccc1Br)c1ccoc1. The Hall–Kier alpha value is -1.06. The van der Waals surface area contributed by atoms with E-state index in [0.717, 1.165) is 4.47 Å². The first-order chi connectivity index (χ1) is 8.18. The smallest absolute Gasteiger partial charge is 0.0950 e. The molecule has 1 aromatic carbocycles. The Labute approximate surface area is 110 Å². The van der Waals surface area contributed by atoms with Crippen LogP contribution in [0.2, 0.25) is 0 Å². The molecule has 90 valence electrons. The first kappa shape index (κ1) is 12.4. The van der Waals surface area contributed by atoms with Crippen LogP contribution in [0.1, 0.15) is 37.1 Å². The van der Waals surface area contributed by atoms with Gasteiger partial charge >= 0.3 is 0 Å². The van der Waals surface area contributed by atoms with Crippen molar-refractivity contribution in [2.45, 2.75) is 25.9 Å². The van der Waals surface area contributed by atoms with E-state index in [4.69, 9.17) is 4.42 Å². The summed E-state index contributed by atoms with van der Waals surface area (Å²) < 4.78 is 6.24. The highest BCUT2D eigenvalue weighted by Gasteiger charge is 2.13. The van der Waals surface area contributed by atoms with Gasteiger partial charge in [0.1, 0.15) is 0 Å². The Bertz CT molecular complexity index is 467. The van der Waals surface area contributed by atoms with E-state index in [1.54, 1.807) is 12.5 Å². The van der Waals surface area contributed by atoms with E-state index < -0.39 is 0 Å². The third-order valence-electron chi connectivity index (χ3n) is 2.91. The molecule has 17 heavy (non-hydrogen) atoms. The number of rotatable bonds is 4. The minimum atomic E-state index is 0.274. The van der Waals surface area contributed by atoms with Gasteiger partial charge in [-0.1, -0.05) is 34.1 Å². The third-order valence-corrected chi connectivity index (χ3v) is 3.64. The van der Waals surface area contributed by atoms with Crippen LogP contribution < -0.4 is 5.32 Å². The highest BCUT2D eigenvalue weighted by Crippen LogP contribution is 2.25. The minimum Gasteiger partial charge on any atom is -0.472 e. The van der Waals surface area contributed by atoms with Gasteiger partial charge in [0.2, 0.25) is 0 Å². The standard InChI is InChI=1S/C14H16BrNO/c1-10(12-7-8-17-9-12)16-11(2)13-5-3-4-6-14(13)15/h3-11,16H,1-2H3/t10?,11-/m0/s1. The van der Waals surface area contributed by atoms with Gasteiger partial charge in [0.05, 0.1) is 12.5 Å². The fraction of sp³-hybridized carbons (Fsp3) is 0.286. The molecule has 2 nitrogen and oxygen atoms in total. The second-order valence-electron chi connectivity index (χ2n) is 4.19. The molecular weight excluding hydrogens is 278 g/mol. The molecule has 3 heteroatoms. The van der Waals surface area contributed by atoms with Crippen molar-refractivity contribution in [3.63, 3.8) is 0 Å². The topological polar surface area (TPSA) is 25.2 Å². The molecule has 2 aromatic rings. The maximum absolute atomic E-state index is 5.10. The average Bonchev–Trinajstić information content (AvgIpc) is 2.82. The summed E-state index contributed by atoms with van der Waals surface area (Å²) in [6.45, 7) is 4.30. The highest BCUT2D eigenvalue weighted by atomic mass is 79.9. The molecule has 1 aromatic heterocycles. The number of benzene rings is 1. The van der Waals surface area contributed by atoms with Gasteiger partial charge in [-0.2, -0.15) is 0 Å². The zero-order chi connectivity index (χ0) is 12.3. The molecule has 1 unspecified atom stereocenters. The normalized spacial score (nSPS) is 14.5. The molecule has 0 spiro atoms. The van der Waals surface area contributed by atoms with Crippen molar-refractivity contribution in [1.29, 1.82) is 0 Å². The number of furan rings is 1. The summed E-state index contributed by atoms with van der Waals surface area (Å²) in [7, 11) is 0. The average molecular weight is 294 g/mol. The lowest BCUT2D eigenvalue weighted by Crippen LogP contribution is -2.22. The fourth-order valence-electron chi connectivity index (χ4n) is 1.91. The van der Waals surface area contributed by atoms with Gasteiger partial charge in [0.25, 0.3) is 0 Å². The fourth-order valence-corrected chi connectivity index (χ4v) is 2.54. The summed E-state index contributed by atoms with van der Waals surface area (Å²) >= 11 is 3.58. The monoisotopic (exact) mass is 293 g/mol. The van der Waals surface area contributed by atoms with Crippen molar-refractivity contribution in [3.8, 4) is 0 Å². The predicted molar refractivity (Wildman–Crippen MR) is 72.8 cm³/mol. The van der Waals surface area contributed by atoms with Gasteiger partial charge in [-0.25, -0.2) is 0 Å². The van der Waals surface area contributed by atoms with Gasteiger partial charge < -0.3 is 9.73 Å². The summed E-state index contributed by atoms with van der Waals surface area (Å²) in [6.07, 6.45) is 3.49. The molecule has 2 atom stereocenters. The van der Waals surface area contributed by atoms with E-state index in [9.17, 15) is 0 Å². The molecule has 1 heterocycles. The van der Waals surface area contributed by atoms with Crippen molar-refractivity contribution in [3.05, 3.63) is 58.5 Å². The first-order valence-corrected chi connectivity index (χ1v) is 6.50. The van der Waals surface area contributed by atoms with Crippen LogP contribution in [0.5, 0.6) is 0 Å². The Balaban J connectivity index is 2.07. The Morgan fingerprint density at radius 3 is 2.53 bits per heavy atom. The van der Waals surface area contributed by atoms with Gasteiger partial charge in [-0.3, -0.25) is 0 Å². The number of nitrogens with one attached hydrogen (secondary N) is 1. The molecule has 0 aliphatic heterocycles. The molecule has 0 bridgehead atoms. The van der Waals surface area contributed by atoms with E-state index in [-0.39, 0.29) is 12.1 Å². The van der Waals surface area contributed by atoms with E-state index in [2.05, 4.69) is 53.3 Å². The molecule has 0 aliphatic rings. The van der Waals surface area contributed by atoms with Gasteiger partial charge in [-0.15, -0.1) is 0 Å². The molecule has 0 fully saturated rings. The second-order valence-corrected chi connectivity index (χ2v) is 5.04. The molecule has 0 radical (unpaired) electrons. The van der Waals surface area contributed by atoms with E-state index in [1.807, 2.05) is 12.1 Å². The summed E-state index contributed by atoms with van der Waals surface area (Å²) in [5.74, 6) is 0. The summed E-state index contributed by atoms with van der Waals surface area (Å²) in [4.78, 5) is 0. The summed E-state index contributed by atoms with van der Waals surface area (Å²) in [5.41, 5.74) is 2.44. The van der Waals surface area contributed by atoms with Crippen molar-refractivity contribution >= 4 is 15.9 Å². The van der Waals surface area contributed by atoms with E-state index in [0.29, 0.717) is 0 Å². The van der Waals surface area contributed by atoms with Crippen LogP contribution in [0.3, 0.4) is 0 Å². The Morgan fingerprint density at radius 2 is 1.88 bits per heavy atom. The third kappa shape index (κ3) is 2.99. The van der Waals surface area contributed by atoms with Gasteiger partial charge in [0, 0.05) is 22.1 Å². The summed E-state index contributed by atoms with van der Waals surface area (Å²) in [6, 6.07) is 10.8. The molecule has 2 rings (SSSR count). The first-order valence-electron chi connectivity index (χ1n) is 5.71. The lowest BCUT2D eigenvalue weighted by molar-refractivity contribution is 0.485. The van der Waals surface area contributed by atoms with Crippen LogP contribution >= 0.6 is 15.9 Å². The van der Waals surface area contributed by atoms with Crippen molar-refractivity contribution in [1.82, 2.24) is 5.32 Å². The van der Waals surface area contributed by atoms with Crippen molar-refractivity contribution in [2.75, 3.05) is 0 Å². The molecule has 0 saturated heterocycles. The molecule has 0 aliphatic carbocycles. The Morgan fingerprint density at radius 1 is 1.12 bits per heavy atom. The minimum absolute atomic E-state index is 0.274. The maximum atomic E-state index is 5.10.